The maximum atomic E-state index is 2.41. The fraction of sp³-hybridized carbons (Fsp3) is 0.111. The predicted octanol–water partition coefficient (Wildman–Crippen LogP) is 10.4. The Balaban J connectivity index is 0.00000123. The quantitative estimate of drug-likeness (QED) is 0.234. The standard InChI is InChI=1S/C34H25N.C2H6/c1-23-19-25(32-22-24-11-5-6-12-27(24)28-13-3-2-4-14-29(28)32)21-26(20-23)35-33-17-9-7-15-30(33)31-16-8-10-18-34(31)35;1-2/h3-22H,2H2,1H3;1-2H3. The Morgan fingerprint density at radius 1 is 0.595 bits per heavy atom. The topological polar surface area (TPSA) is 4.93 Å². The Labute approximate surface area is 219 Å². The van der Waals surface area contributed by atoms with Crippen molar-refractivity contribution < 1.29 is 0 Å². The van der Waals surface area contributed by atoms with E-state index in [1.807, 2.05) is 13.8 Å². The zero-order valence-electron chi connectivity index (χ0n) is 21.7. The van der Waals surface area contributed by atoms with E-state index >= 15 is 0 Å². The van der Waals surface area contributed by atoms with Gasteiger partial charge in [0.25, 0.3) is 0 Å². The second kappa shape index (κ2) is 9.59. The minimum absolute atomic E-state index is 0.961. The Morgan fingerprint density at radius 2 is 1.19 bits per heavy atom. The third kappa shape index (κ3) is 3.88. The lowest BCUT2D eigenvalue weighted by atomic mass is 9.89. The molecule has 7 rings (SSSR count). The summed E-state index contributed by atoms with van der Waals surface area (Å²) in [4.78, 5) is 0. The van der Waals surface area contributed by atoms with Crippen molar-refractivity contribution >= 4 is 44.7 Å². The van der Waals surface area contributed by atoms with Gasteiger partial charge < -0.3 is 4.57 Å². The Bertz CT molecular complexity index is 1770. The van der Waals surface area contributed by atoms with E-state index in [9.17, 15) is 0 Å². The van der Waals surface area contributed by atoms with Crippen LogP contribution in [0, 0.1) is 6.92 Å². The van der Waals surface area contributed by atoms with Crippen LogP contribution in [0.3, 0.4) is 0 Å². The van der Waals surface area contributed by atoms with Crippen molar-refractivity contribution in [3.63, 3.8) is 0 Å². The van der Waals surface area contributed by atoms with Gasteiger partial charge in [-0.25, -0.2) is 0 Å². The number of benzene rings is 5. The number of para-hydroxylation sites is 2. The highest BCUT2D eigenvalue weighted by Gasteiger charge is 2.16. The zero-order chi connectivity index (χ0) is 25.4. The summed E-state index contributed by atoms with van der Waals surface area (Å²) in [6, 6.07) is 35.5. The summed E-state index contributed by atoms with van der Waals surface area (Å²) >= 11 is 0. The average Bonchev–Trinajstić information content (AvgIpc) is 3.08. The molecule has 0 amide bonds. The van der Waals surface area contributed by atoms with Gasteiger partial charge in [0.2, 0.25) is 0 Å². The van der Waals surface area contributed by atoms with Crippen LogP contribution in [0.15, 0.2) is 109 Å². The maximum absolute atomic E-state index is 2.41. The fourth-order valence-corrected chi connectivity index (χ4v) is 5.69. The second-order valence-corrected chi connectivity index (χ2v) is 9.44. The van der Waals surface area contributed by atoms with Crippen molar-refractivity contribution in [3.8, 4) is 16.8 Å². The summed E-state index contributed by atoms with van der Waals surface area (Å²) < 4.78 is 2.41. The molecule has 0 N–H and O–H groups in total. The van der Waals surface area contributed by atoms with Crippen LogP contribution < -0.4 is 0 Å². The van der Waals surface area contributed by atoms with Crippen molar-refractivity contribution in [2.75, 3.05) is 0 Å². The molecule has 0 unspecified atom stereocenters. The molecule has 0 spiro atoms. The molecular weight excluding hydrogens is 446 g/mol. The summed E-state index contributed by atoms with van der Waals surface area (Å²) in [6.45, 7) is 6.20. The highest BCUT2D eigenvalue weighted by Crippen LogP contribution is 2.38. The van der Waals surface area contributed by atoms with E-state index in [0.29, 0.717) is 0 Å². The molecule has 0 bridgehead atoms. The molecule has 1 aliphatic rings. The fourth-order valence-electron chi connectivity index (χ4n) is 5.69. The molecule has 37 heavy (non-hydrogen) atoms. The van der Waals surface area contributed by atoms with E-state index in [0.717, 1.165) is 6.42 Å². The van der Waals surface area contributed by atoms with E-state index in [-0.39, 0.29) is 0 Å². The number of aryl methyl sites for hydroxylation is 1. The van der Waals surface area contributed by atoms with Crippen molar-refractivity contribution in [2.45, 2.75) is 27.2 Å². The van der Waals surface area contributed by atoms with Gasteiger partial charge in [0.1, 0.15) is 0 Å². The second-order valence-electron chi connectivity index (χ2n) is 9.44. The molecule has 0 fully saturated rings. The number of hydrogen-bond donors (Lipinski definition) is 0. The molecule has 5 aromatic carbocycles. The number of nitrogens with zero attached hydrogens (tertiary/aromatic N) is 1. The molecule has 1 aliphatic carbocycles. The van der Waals surface area contributed by atoms with Gasteiger partial charge in [-0.1, -0.05) is 105 Å². The maximum Gasteiger partial charge on any atom is 0.0541 e. The van der Waals surface area contributed by atoms with Crippen LogP contribution in [-0.2, 0) is 0 Å². The molecule has 0 radical (unpaired) electrons. The summed E-state index contributed by atoms with van der Waals surface area (Å²) in [5.41, 5.74) is 10.1. The summed E-state index contributed by atoms with van der Waals surface area (Å²) in [7, 11) is 0. The van der Waals surface area contributed by atoms with Gasteiger partial charge in [-0.2, -0.15) is 0 Å². The average molecular weight is 478 g/mol. The zero-order valence-corrected chi connectivity index (χ0v) is 21.7. The molecule has 180 valence electrons. The summed E-state index contributed by atoms with van der Waals surface area (Å²) in [5.74, 6) is 0. The van der Waals surface area contributed by atoms with Gasteiger partial charge in [0.05, 0.1) is 11.0 Å². The predicted molar refractivity (Wildman–Crippen MR) is 162 cm³/mol. The lowest BCUT2D eigenvalue weighted by molar-refractivity contribution is 1.17. The molecule has 0 saturated carbocycles. The van der Waals surface area contributed by atoms with E-state index in [2.05, 4.69) is 133 Å². The van der Waals surface area contributed by atoms with Crippen molar-refractivity contribution in [1.82, 2.24) is 4.57 Å². The normalized spacial score (nSPS) is 12.4. The monoisotopic (exact) mass is 477 g/mol. The van der Waals surface area contributed by atoms with Crippen LogP contribution in [-0.4, -0.2) is 4.57 Å². The molecule has 1 aromatic heterocycles. The number of hydrogen-bond acceptors (Lipinski definition) is 0. The van der Waals surface area contributed by atoms with Gasteiger partial charge in [-0.15, -0.1) is 0 Å². The number of rotatable bonds is 2. The number of allylic oxidation sites excluding steroid dienone is 2. The lowest BCUT2D eigenvalue weighted by Gasteiger charge is -2.16. The molecule has 6 aromatic rings. The molecule has 1 nitrogen and oxygen atoms in total. The molecule has 0 saturated heterocycles. The largest absolute Gasteiger partial charge is 0.309 e. The molecule has 1 heterocycles. The highest BCUT2D eigenvalue weighted by atomic mass is 15.0. The smallest absolute Gasteiger partial charge is 0.0541 e. The Hall–Kier alpha value is -4.36. The number of fused-ring (bicyclic) bond motifs is 6. The van der Waals surface area contributed by atoms with Crippen molar-refractivity contribution in [2.24, 2.45) is 0 Å². The first-order chi connectivity index (χ1) is 18.3. The van der Waals surface area contributed by atoms with E-state index < -0.39 is 0 Å². The van der Waals surface area contributed by atoms with Crippen molar-refractivity contribution in [3.05, 3.63) is 126 Å². The summed E-state index contributed by atoms with van der Waals surface area (Å²) in [6.07, 6.45) is 10.1. The highest BCUT2D eigenvalue weighted by molar-refractivity contribution is 6.09. The van der Waals surface area contributed by atoms with Crippen LogP contribution in [0.4, 0.5) is 0 Å². The first-order valence-electron chi connectivity index (χ1n) is 13.3. The number of aromatic nitrogens is 1. The first-order valence-corrected chi connectivity index (χ1v) is 13.3. The minimum Gasteiger partial charge on any atom is -0.309 e. The summed E-state index contributed by atoms with van der Waals surface area (Å²) in [5, 5.41) is 5.17. The van der Waals surface area contributed by atoms with E-state index in [1.165, 1.54) is 66.1 Å². The lowest BCUT2D eigenvalue weighted by Crippen LogP contribution is -1.97. The van der Waals surface area contributed by atoms with Crippen LogP contribution in [0.2, 0.25) is 0 Å². The van der Waals surface area contributed by atoms with Gasteiger partial charge in [0.15, 0.2) is 0 Å². The third-order valence-corrected chi connectivity index (χ3v) is 7.18. The van der Waals surface area contributed by atoms with E-state index in [4.69, 9.17) is 0 Å². The Morgan fingerprint density at radius 3 is 1.89 bits per heavy atom. The van der Waals surface area contributed by atoms with Crippen LogP contribution >= 0.6 is 0 Å². The molecule has 1 heteroatoms. The van der Waals surface area contributed by atoms with Crippen LogP contribution in [0.5, 0.6) is 0 Å². The Kier molecular flexibility index (Phi) is 5.98. The minimum atomic E-state index is 0.961. The van der Waals surface area contributed by atoms with Gasteiger partial charge in [-0.05, 0) is 82.3 Å². The van der Waals surface area contributed by atoms with Crippen LogP contribution in [0.1, 0.15) is 37.0 Å². The molecule has 0 aliphatic heterocycles. The first kappa shape index (κ1) is 23.1. The van der Waals surface area contributed by atoms with E-state index in [1.54, 1.807) is 0 Å². The molecule has 0 atom stereocenters. The van der Waals surface area contributed by atoms with Gasteiger partial charge >= 0.3 is 0 Å². The van der Waals surface area contributed by atoms with Crippen molar-refractivity contribution in [1.29, 1.82) is 0 Å². The van der Waals surface area contributed by atoms with Crippen LogP contribution in [0.25, 0.3) is 61.5 Å². The SMILES string of the molecule is CC.Cc1cc(-c2cc3ccccc3c3c2C=CCC=C3)cc(-n2c3ccccc3c3ccccc32)c1. The third-order valence-electron chi connectivity index (χ3n) is 7.18. The van der Waals surface area contributed by atoms with Gasteiger partial charge in [0, 0.05) is 16.5 Å². The molecular formula is C36H31N. The van der Waals surface area contributed by atoms with Gasteiger partial charge in [-0.3, -0.25) is 0 Å².